The number of benzene rings is 1. The maximum Gasteiger partial charge on any atom is 0.255 e. The molecule has 0 aliphatic carbocycles. The monoisotopic (exact) mass is 269 g/mol. The Morgan fingerprint density at radius 1 is 1.44 bits per heavy atom. The highest BCUT2D eigenvalue weighted by atomic mass is 35.5. The topological polar surface area (TPSA) is 49.3 Å². The number of carbonyl (C=O) groups is 1. The summed E-state index contributed by atoms with van der Waals surface area (Å²) in [6.45, 7) is 6.40. The zero-order valence-corrected chi connectivity index (χ0v) is 11.8. The van der Waals surface area contributed by atoms with Crippen LogP contribution in [0.1, 0.15) is 36.2 Å². The Hall–Kier alpha value is -1.22. The van der Waals surface area contributed by atoms with Crippen LogP contribution in [0.5, 0.6) is 5.75 Å². The first-order valence-electron chi connectivity index (χ1n) is 6.00. The predicted molar refractivity (Wildman–Crippen MR) is 74.3 cm³/mol. The fourth-order valence-corrected chi connectivity index (χ4v) is 2.11. The first-order valence-corrected chi connectivity index (χ1v) is 6.53. The molecule has 0 aliphatic rings. The minimum Gasteiger partial charge on any atom is -0.507 e. The van der Waals surface area contributed by atoms with Gasteiger partial charge in [0.15, 0.2) is 0 Å². The number of nitrogens with one attached hydrogen (secondary N) is 1. The van der Waals surface area contributed by atoms with Crippen LogP contribution in [0, 0.1) is 12.3 Å². The number of aromatic hydroxyl groups is 1. The summed E-state index contributed by atoms with van der Waals surface area (Å²) in [5.41, 5.74) is 0.968. The molecule has 1 aromatic rings. The van der Waals surface area contributed by atoms with E-state index in [1.54, 1.807) is 25.1 Å². The van der Waals surface area contributed by atoms with Crippen LogP contribution >= 0.6 is 11.6 Å². The smallest absolute Gasteiger partial charge is 0.255 e. The van der Waals surface area contributed by atoms with Crippen LogP contribution in [-0.4, -0.2) is 23.4 Å². The minimum atomic E-state index is -0.251. The number of alkyl halides is 1. The molecule has 2 N–H and O–H groups in total. The van der Waals surface area contributed by atoms with Gasteiger partial charge in [-0.15, -0.1) is 11.6 Å². The molecule has 0 radical (unpaired) electrons. The molecule has 0 spiro atoms. The van der Waals surface area contributed by atoms with Crippen molar-refractivity contribution in [3.8, 4) is 5.75 Å². The van der Waals surface area contributed by atoms with Gasteiger partial charge in [-0.25, -0.2) is 0 Å². The van der Waals surface area contributed by atoms with Crippen molar-refractivity contribution in [1.29, 1.82) is 0 Å². The van der Waals surface area contributed by atoms with E-state index in [0.717, 1.165) is 6.42 Å². The van der Waals surface area contributed by atoms with Crippen molar-refractivity contribution in [3.63, 3.8) is 0 Å². The van der Waals surface area contributed by atoms with Gasteiger partial charge in [-0.2, -0.15) is 0 Å². The lowest BCUT2D eigenvalue weighted by Crippen LogP contribution is -2.34. The van der Waals surface area contributed by atoms with Crippen molar-refractivity contribution in [2.75, 3.05) is 12.4 Å². The van der Waals surface area contributed by atoms with E-state index in [1.807, 2.05) is 13.8 Å². The van der Waals surface area contributed by atoms with Gasteiger partial charge < -0.3 is 10.4 Å². The highest BCUT2D eigenvalue weighted by Gasteiger charge is 2.19. The van der Waals surface area contributed by atoms with Crippen molar-refractivity contribution < 1.29 is 9.90 Å². The number of hydrogen-bond donors (Lipinski definition) is 2. The average Bonchev–Trinajstić information content (AvgIpc) is 2.30. The Balaban J connectivity index is 2.69. The Morgan fingerprint density at radius 3 is 2.72 bits per heavy atom. The normalized spacial score (nSPS) is 11.3. The molecule has 1 amide bonds. The van der Waals surface area contributed by atoms with Crippen LogP contribution < -0.4 is 5.32 Å². The number of amides is 1. The molecule has 0 aromatic heterocycles. The first-order chi connectivity index (χ1) is 8.37. The Kier molecular flexibility index (Phi) is 5.03. The summed E-state index contributed by atoms with van der Waals surface area (Å²) in [6.07, 6.45) is 0.828. The summed E-state index contributed by atoms with van der Waals surface area (Å²) in [4.78, 5) is 12.0. The Bertz CT molecular complexity index is 430. The van der Waals surface area contributed by atoms with Crippen LogP contribution in [0.25, 0.3) is 0 Å². The number of phenolic OH excluding ortho intramolecular Hbond substituents is 1. The summed E-state index contributed by atoms with van der Waals surface area (Å²) in [6, 6.07) is 5.14. The molecule has 4 heteroatoms. The molecule has 0 fully saturated rings. The fraction of sp³-hybridized carbons (Fsp3) is 0.500. The lowest BCUT2D eigenvalue weighted by molar-refractivity contribution is 0.0933. The summed E-state index contributed by atoms with van der Waals surface area (Å²) in [5, 5.41) is 12.7. The van der Waals surface area contributed by atoms with Gasteiger partial charge in [0, 0.05) is 12.4 Å². The Labute approximate surface area is 113 Å². The van der Waals surface area contributed by atoms with Gasteiger partial charge >= 0.3 is 0 Å². The molecule has 3 nitrogen and oxygen atoms in total. The molecule has 0 bridgehead atoms. The summed E-state index contributed by atoms with van der Waals surface area (Å²) >= 11 is 5.71. The molecule has 0 atom stereocenters. The predicted octanol–water partition coefficient (Wildman–Crippen LogP) is 3.09. The van der Waals surface area contributed by atoms with Crippen LogP contribution in [0.15, 0.2) is 18.2 Å². The molecular formula is C14H20ClNO2. The number of carbonyl (C=O) groups excluding carboxylic acids is 1. The summed E-state index contributed by atoms with van der Waals surface area (Å²) < 4.78 is 0. The highest BCUT2D eigenvalue weighted by molar-refractivity contribution is 6.17. The first kappa shape index (κ1) is 14.8. The number of rotatable bonds is 5. The quantitative estimate of drug-likeness (QED) is 0.807. The van der Waals surface area contributed by atoms with E-state index >= 15 is 0 Å². The van der Waals surface area contributed by atoms with Crippen LogP contribution in [0.2, 0.25) is 0 Å². The van der Waals surface area contributed by atoms with E-state index < -0.39 is 0 Å². The maximum absolute atomic E-state index is 12.0. The van der Waals surface area contributed by atoms with Crippen molar-refractivity contribution in [2.24, 2.45) is 5.41 Å². The van der Waals surface area contributed by atoms with Gasteiger partial charge in [-0.1, -0.05) is 26.0 Å². The highest BCUT2D eigenvalue weighted by Crippen LogP contribution is 2.23. The molecule has 100 valence electrons. The second-order valence-corrected chi connectivity index (χ2v) is 5.63. The molecular weight excluding hydrogens is 250 g/mol. The van der Waals surface area contributed by atoms with Crippen LogP contribution in [0.3, 0.4) is 0 Å². The number of para-hydroxylation sites is 1. The van der Waals surface area contributed by atoms with Crippen molar-refractivity contribution in [3.05, 3.63) is 29.3 Å². The third-order valence-electron chi connectivity index (χ3n) is 2.98. The number of hydrogen-bond acceptors (Lipinski definition) is 2. The number of halogens is 1. The molecule has 0 saturated heterocycles. The number of aryl methyl sites for hydroxylation is 1. The SMILES string of the molecule is Cc1cccc(C(=O)NCC(C)(C)CCCl)c1O. The molecule has 1 aromatic carbocycles. The standard InChI is InChI=1S/C14H20ClNO2/c1-10-5-4-6-11(12(10)17)13(18)16-9-14(2,3)7-8-15/h4-6,17H,7-9H2,1-3H3,(H,16,18). The zero-order valence-electron chi connectivity index (χ0n) is 11.1. The Morgan fingerprint density at radius 2 is 2.11 bits per heavy atom. The summed E-state index contributed by atoms with van der Waals surface area (Å²) in [7, 11) is 0. The van der Waals surface area contributed by atoms with Gasteiger partial charge in [0.1, 0.15) is 5.75 Å². The van der Waals surface area contributed by atoms with E-state index in [-0.39, 0.29) is 17.1 Å². The third kappa shape index (κ3) is 3.91. The van der Waals surface area contributed by atoms with Gasteiger partial charge in [0.2, 0.25) is 0 Å². The van der Waals surface area contributed by atoms with Gasteiger partial charge in [0.25, 0.3) is 5.91 Å². The average molecular weight is 270 g/mol. The maximum atomic E-state index is 12.0. The van der Waals surface area contributed by atoms with Crippen molar-refractivity contribution >= 4 is 17.5 Å². The zero-order chi connectivity index (χ0) is 13.8. The van der Waals surface area contributed by atoms with Crippen LogP contribution in [-0.2, 0) is 0 Å². The second-order valence-electron chi connectivity index (χ2n) is 5.26. The van der Waals surface area contributed by atoms with Gasteiger partial charge in [0.05, 0.1) is 5.56 Å². The molecule has 0 unspecified atom stereocenters. The van der Waals surface area contributed by atoms with E-state index in [1.165, 1.54) is 0 Å². The van der Waals surface area contributed by atoms with Crippen molar-refractivity contribution in [1.82, 2.24) is 5.32 Å². The van der Waals surface area contributed by atoms with Gasteiger partial charge in [-0.3, -0.25) is 4.79 Å². The molecule has 0 heterocycles. The number of phenols is 1. The van der Waals surface area contributed by atoms with Gasteiger partial charge in [-0.05, 0) is 30.4 Å². The van der Waals surface area contributed by atoms with E-state index in [2.05, 4.69) is 5.32 Å². The third-order valence-corrected chi connectivity index (χ3v) is 3.17. The van der Waals surface area contributed by atoms with Crippen molar-refractivity contribution in [2.45, 2.75) is 27.2 Å². The van der Waals surface area contributed by atoms with Crippen LogP contribution in [0.4, 0.5) is 0 Å². The second kappa shape index (κ2) is 6.10. The molecule has 18 heavy (non-hydrogen) atoms. The lowest BCUT2D eigenvalue weighted by atomic mass is 9.90. The molecule has 0 saturated carbocycles. The van der Waals surface area contributed by atoms with E-state index in [0.29, 0.717) is 23.6 Å². The fourth-order valence-electron chi connectivity index (χ4n) is 1.60. The van der Waals surface area contributed by atoms with E-state index in [9.17, 15) is 9.90 Å². The molecule has 0 aliphatic heterocycles. The molecule has 1 rings (SSSR count). The summed E-state index contributed by atoms with van der Waals surface area (Å²) in [5.74, 6) is 0.363. The minimum absolute atomic E-state index is 0.0448. The largest absolute Gasteiger partial charge is 0.507 e. The van der Waals surface area contributed by atoms with E-state index in [4.69, 9.17) is 11.6 Å². The lowest BCUT2D eigenvalue weighted by Gasteiger charge is -2.23.